The van der Waals surface area contributed by atoms with E-state index >= 15 is 0 Å². The van der Waals surface area contributed by atoms with Gasteiger partial charge in [-0.25, -0.2) is 8.78 Å². The topological polar surface area (TPSA) is 52.5 Å². The van der Waals surface area contributed by atoms with Gasteiger partial charge in [0.2, 0.25) is 0 Å². The molecule has 2 aromatic carbocycles. The Labute approximate surface area is 210 Å². The van der Waals surface area contributed by atoms with Crippen LogP contribution in [0.15, 0.2) is 60.9 Å². The predicted molar refractivity (Wildman–Crippen MR) is 138 cm³/mol. The number of aliphatic hydroxyl groups excluding tert-OH is 1. The van der Waals surface area contributed by atoms with Crippen molar-refractivity contribution in [2.24, 2.45) is 5.92 Å². The largest absolute Gasteiger partial charge is 0.392 e. The number of β-amino-alcohol motifs (C(OH)–C–C–N with tert-alkyl or cyclic N) is 1. The number of aromatic nitrogens is 2. The Bertz CT molecular complexity index is 1250. The number of halogens is 2. The van der Waals surface area contributed by atoms with Crippen molar-refractivity contribution < 1.29 is 13.9 Å². The van der Waals surface area contributed by atoms with Gasteiger partial charge in [-0.2, -0.15) is 0 Å². The number of benzene rings is 2. The summed E-state index contributed by atoms with van der Waals surface area (Å²) in [5, 5.41) is 11.3. The molecule has 1 aliphatic rings. The minimum Gasteiger partial charge on any atom is -0.392 e. The monoisotopic (exact) mass is 490 g/mol. The SMILES string of the molecule is C[C@H](O)CN1CCC(CN(Cc2cc(F)cc3cccnc23)Cc2cc(F)cc3cccnc23)CC1. The van der Waals surface area contributed by atoms with Crippen LogP contribution in [0.5, 0.6) is 0 Å². The average molecular weight is 491 g/mol. The molecule has 1 fully saturated rings. The van der Waals surface area contributed by atoms with Crippen LogP contribution >= 0.6 is 0 Å². The fourth-order valence-electron chi connectivity index (χ4n) is 5.45. The lowest BCUT2D eigenvalue weighted by Gasteiger charge is -2.35. The van der Waals surface area contributed by atoms with Crippen LogP contribution in [0.4, 0.5) is 8.78 Å². The first-order chi connectivity index (χ1) is 17.4. The highest BCUT2D eigenvalue weighted by Gasteiger charge is 2.23. The van der Waals surface area contributed by atoms with E-state index in [1.54, 1.807) is 24.5 Å². The quantitative estimate of drug-likeness (QED) is 0.370. The van der Waals surface area contributed by atoms with Crippen LogP contribution in [-0.4, -0.2) is 57.2 Å². The third kappa shape index (κ3) is 5.86. The van der Waals surface area contributed by atoms with Crippen molar-refractivity contribution in [2.45, 2.75) is 39.0 Å². The molecule has 7 heteroatoms. The summed E-state index contributed by atoms with van der Waals surface area (Å²) in [6, 6.07) is 13.5. The van der Waals surface area contributed by atoms with Gasteiger partial charge in [-0.3, -0.25) is 14.9 Å². The predicted octanol–water partition coefficient (Wildman–Crippen LogP) is 5.16. The molecular weight excluding hydrogens is 458 g/mol. The lowest BCUT2D eigenvalue weighted by molar-refractivity contribution is 0.0876. The van der Waals surface area contributed by atoms with E-state index in [2.05, 4.69) is 19.8 Å². The number of aliphatic hydroxyl groups is 1. The van der Waals surface area contributed by atoms with E-state index in [0.717, 1.165) is 65.4 Å². The zero-order valence-electron chi connectivity index (χ0n) is 20.6. The molecule has 0 bridgehead atoms. The van der Waals surface area contributed by atoms with Crippen molar-refractivity contribution >= 4 is 21.8 Å². The Kier molecular flexibility index (Phi) is 7.51. The second-order valence-electron chi connectivity index (χ2n) is 10.0. The van der Waals surface area contributed by atoms with Gasteiger partial charge in [0.05, 0.1) is 17.1 Å². The van der Waals surface area contributed by atoms with Gasteiger partial charge < -0.3 is 10.0 Å². The molecule has 0 spiro atoms. The zero-order valence-corrected chi connectivity index (χ0v) is 20.6. The summed E-state index contributed by atoms with van der Waals surface area (Å²) in [4.78, 5) is 13.7. The van der Waals surface area contributed by atoms with E-state index in [9.17, 15) is 13.9 Å². The Hall–Kier alpha value is -3.00. The lowest BCUT2D eigenvalue weighted by Crippen LogP contribution is -2.41. The van der Waals surface area contributed by atoms with Crippen molar-refractivity contribution in [3.05, 3.63) is 83.7 Å². The van der Waals surface area contributed by atoms with Crippen LogP contribution in [-0.2, 0) is 13.1 Å². The minimum absolute atomic E-state index is 0.283. The molecule has 3 heterocycles. The van der Waals surface area contributed by atoms with Crippen LogP contribution in [0.25, 0.3) is 21.8 Å². The van der Waals surface area contributed by atoms with Crippen molar-refractivity contribution in [1.29, 1.82) is 0 Å². The molecule has 5 rings (SSSR count). The number of hydrogen-bond donors (Lipinski definition) is 1. The molecule has 0 saturated carbocycles. The fourth-order valence-corrected chi connectivity index (χ4v) is 5.45. The van der Waals surface area contributed by atoms with Gasteiger partial charge in [-0.05, 0) is 86.3 Å². The standard InChI is InChI=1S/C29H32F2N4O/c1-20(36)16-34-10-6-21(7-11-34)17-35(18-24-14-26(30)12-22-4-2-8-32-28(22)24)19-25-15-27(31)13-23-5-3-9-33-29(23)25/h2-5,8-9,12-15,20-21,36H,6-7,10-11,16-19H2,1H3/t20-/m0/s1. The number of pyridine rings is 2. The second-order valence-corrected chi connectivity index (χ2v) is 10.0. The van der Waals surface area contributed by atoms with Gasteiger partial charge in [-0.15, -0.1) is 0 Å². The zero-order chi connectivity index (χ0) is 25.1. The molecule has 5 nitrogen and oxygen atoms in total. The van der Waals surface area contributed by atoms with Gasteiger partial charge in [0.1, 0.15) is 11.6 Å². The third-order valence-electron chi connectivity index (χ3n) is 7.03. The van der Waals surface area contributed by atoms with Gasteiger partial charge in [0.15, 0.2) is 0 Å². The molecule has 4 aromatic rings. The molecule has 1 saturated heterocycles. The summed E-state index contributed by atoms with van der Waals surface area (Å²) in [6.45, 7) is 6.21. The maximum atomic E-state index is 14.5. The summed E-state index contributed by atoms with van der Waals surface area (Å²) in [5.41, 5.74) is 3.23. The molecule has 0 unspecified atom stereocenters. The third-order valence-corrected chi connectivity index (χ3v) is 7.03. The van der Waals surface area contributed by atoms with Crippen LogP contribution < -0.4 is 0 Å². The minimum atomic E-state index is -0.333. The number of fused-ring (bicyclic) bond motifs is 2. The molecule has 1 atom stereocenters. The number of likely N-dealkylation sites (tertiary alicyclic amines) is 1. The average Bonchev–Trinajstić information content (AvgIpc) is 2.84. The van der Waals surface area contributed by atoms with Gasteiger partial charge in [0.25, 0.3) is 0 Å². The van der Waals surface area contributed by atoms with E-state index in [-0.39, 0.29) is 17.7 Å². The van der Waals surface area contributed by atoms with Crippen LogP contribution in [0.2, 0.25) is 0 Å². The normalized spacial score (nSPS) is 16.2. The van der Waals surface area contributed by atoms with E-state index in [1.807, 2.05) is 31.2 Å². The van der Waals surface area contributed by atoms with E-state index < -0.39 is 0 Å². The summed E-state index contributed by atoms with van der Waals surface area (Å²) >= 11 is 0. The van der Waals surface area contributed by atoms with Crippen molar-refractivity contribution in [1.82, 2.24) is 19.8 Å². The van der Waals surface area contributed by atoms with E-state index in [4.69, 9.17) is 0 Å². The molecule has 1 aliphatic heterocycles. The van der Waals surface area contributed by atoms with Crippen LogP contribution in [0.3, 0.4) is 0 Å². The van der Waals surface area contributed by atoms with E-state index in [0.29, 0.717) is 25.6 Å². The number of hydrogen-bond acceptors (Lipinski definition) is 5. The number of nitrogens with zero attached hydrogens (tertiary/aromatic N) is 4. The van der Waals surface area contributed by atoms with Crippen molar-refractivity contribution in [2.75, 3.05) is 26.2 Å². The van der Waals surface area contributed by atoms with Gasteiger partial charge >= 0.3 is 0 Å². The molecule has 1 N–H and O–H groups in total. The summed E-state index contributed by atoms with van der Waals surface area (Å²) in [6.07, 6.45) is 5.17. The molecule has 0 aliphatic carbocycles. The molecular formula is C29H32F2N4O. The first-order valence-electron chi connectivity index (χ1n) is 12.6. The molecule has 2 aromatic heterocycles. The Morgan fingerprint density at radius 2 is 1.44 bits per heavy atom. The molecule has 188 valence electrons. The highest BCUT2D eigenvalue weighted by atomic mass is 19.1. The Morgan fingerprint density at radius 1 is 0.917 bits per heavy atom. The molecule has 0 amide bonds. The first-order valence-corrected chi connectivity index (χ1v) is 12.6. The van der Waals surface area contributed by atoms with Crippen molar-refractivity contribution in [3.63, 3.8) is 0 Å². The number of rotatable bonds is 8. The van der Waals surface area contributed by atoms with Crippen LogP contribution in [0, 0.1) is 17.6 Å². The van der Waals surface area contributed by atoms with E-state index in [1.165, 1.54) is 12.1 Å². The molecule has 36 heavy (non-hydrogen) atoms. The second kappa shape index (κ2) is 10.9. The first kappa shape index (κ1) is 24.7. The molecule has 0 radical (unpaired) electrons. The Morgan fingerprint density at radius 3 is 1.94 bits per heavy atom. The smallest absolute Gasteiger partial charge is 0.124 e. The van der Waals surface area contributed by atoms with Gasteiger partial charge in [-0.1, -0.05) is 12.1 Å². The summed E-state index contributed by atoms with van der Waals surface area (Å²) < 4.78 is 29.0. The van der Waals surface area contributed by atoms with Gasteiger partial charge in [0, 0.05) is 49.3 Å². The highest BCUT2D eigenvalue weighted by Crippen LogP contribution is 2.26. The number of piperidine rings is 1. The highest BCUT2D eigenvalue weighted by molar-refractivity contribution is 5.82. The summed E-state index contributed by atoms with van der Waals surface area (Å²) in [7, 11) is 0. The Balaban J connectivity index is 1.43. The van der Waals surface area contributed by atoms with Crippen molar-refractivity contribution in [3.8, 4) is 0 Å². The maximum Gasteiger partial charge on any atom is 0.124 e. The maximum absolute atomic E-state index is 14.5. The lowest BCUT2D eigenvalue weighted by atomic mass is 9.95. The summed E-state index contributed by atoms with van der Waals surface area (Å²) in [5.74, 6) is -0.111. The fraction of sp³-hybridized carbons (Fsp3) is 0.379. The van der Waals surface area contributed by atoms with Crippen LogP contribution in [0.1, 0.15) is 30.9 Å².